The summed E-state index contributed by atoms with van der Waals surface area (Å²) < 4.78 is 2.07. The topological polar surface area (TPSA) is 43.8 Å². The average molecular weight is 282 g/mol. The van der Waals surface area contributed by atoms with Gasteiger partial charge in [-0.05, 0) is 63.3 Å². The molecule has 0 aliphatic heterocycles. The Morgan fingerprint density at radius 3 is 2.79 bits per heavy atom. The summed E-state index contributed by atoms with van der Waals surface area (Å²) in [6.07, 6.45) is 6.45. The molecule has 3 unspecified atom stereocenters. The smallest absolute Gasteiger partial charge is 0.0847 e. The Bertz CT molecular complexity index is 482. The summed E-state index contributed by atoms with van der Waals surface area (Å²) in [6, 6.07) is 0. The zero-order valence-electron chi connectivity index (χ0n) is 12.0. The van der Waals surface area contributed by atoms with Gasteiger partial charge in [0.15, 0.2) is 0 Å². The lowest BCUT2D eigenvalue weighted by molar-refractivity contribution is 0.168. The molecule has 1 heterocycles. The Hall–Kier alpha value is -0.540. The molecule has 1 aromatic rings. The molecule has 3 nitrogen and oxygen atoms in total. The Kier molecular flexibility index (Phi) is 3.38. The minimum absolute atomic E-state index is 0.284. The van der Waals surface area contributed by atoms with Crippen LogP contribution in [0.2, 0.25) is 5.02 Å². The van der Waals surface area contributed by atoms with Crippen LogP contribution in [0.1, 0.15) is 44.0 Å². The third-order valence-electron chi connectivity index (χ3n) is 5.48. The lowest BCUT2D eigenvalue weighted by Crippen LogP contribution is -2.38. The van der Waals surface area contributed by atoms with Crippen LogP contribution in [0, 0.1) is 24.2 Å². The second-order valence-corrected chi connectivity index (χ2v) is 6.86. The highest BCUT2D eigenvalue weighted by molar-refractivity contribution is 6.31. The first-order valence-electron chi connectivity index (χ1n) is 7.51. The van der Waals surface area contributed by atoms with E-state index in [1.807, 2.05) is 6.92 Å². The SMILES string of the molecule is CCn1nc(C)c(Cl)c1CC1(CN)CC2CCC1C2. The second kappa shape index (κ2) is 4.78. The molecule has 0 spiro atoms. The molecule has 2 bridgehead atoms. The molecule has 2 fully saturated rings. The van der Waals surface area contributed by atoms with Crippen LogP contribution in [0.25, 0.3) is 0 Å². The van der Waals surface area contributed by atoms with Gasteiger partial charge in [-0.15, -0.1) is 0 Å². The molecule has 0 amide bonds. The molecular weight excluding hydrogens is 258 g/mol. The Labute approximate surface area is 120 Å². The first kappa shape index (κ1) is 13.4. The number of nitrogens with zero attached hydrogens (tertiary/aromatic N) is 2. The van der Waals surface area contributed by atoms with E-state index in [0.29, 0.717) is 0 Å². The molecule has 2 aliphatic carbocycles. The molecule has 3 rings (SSSR count). The number of halogens is 1. The predicted octanol–water partition coefficient (Wildman–Crippen LogP) is 3.17. The summed E-state index contributed by atoms with van der Waals surface area (Å²) in [4.78, 5) is 0. The van der Waals surface area contributed by atoms with E-state index in [2.05, 4.69) is 16.7 Å². The molecule has 3 atom stereocenters. The van der Waals surface area contributed by atoms with E-state index in [1.54, 1.807) is 0 Å². The van der Waals surface area contributed by atoms with E-state index in [4.69, 9.17) is 17.3 Å². The maximum atomic E-state index is 6.47. The highest BCUT2D eigenvalue weighted by Crippen LogP contribution is 2.57. The lowest BCUT2D eigenvalue weighted by Gasteiger charge is -2.37. The van der Waals surface area contributed by atoms with Gasteiger partial charge in [0.05, 0.1) is 16.4 Å². The summed E-state index contributed by atoms with van der Waals surface area (Å²) in [5.41, 5.74) is 8.62. The third-order valence-corrected chi connectivity index (χ3v) is 5.97. The maximum absolute atomic E-state index is 6.47. The number of aryl methyl sites for hydroxylation is 2. The maximum Gasteiger partial charge on any atom is 0.0847 e. The molecule has 2 N–H and O–H groups in total. The van der Waals surface area contributed by atoms with Gasteiger partial charge in [0, 0.05) is 6.54 Å². The van der Waals surface area contributed by atoms with Crippen molar-refractivity contribution in [1.29, 1.82) is 0 Å². The van der Waals surface area contributed by atoms with Gasteiger partial charge in [0.1, 0.15) is 0 Å². The molecule has 0 aromatic carbocycles. The normalized spacial score (nSPS) is 33.3. The zero-order chi connectivity index (χ0) is 13.6. The van der Waals surface area contributed by atoms with Crippen LogP contribution in [-0.4, -0.2) is 16.3 Å². The Balaban J connectivity index is 1.92. The van der Waals surface area contributed by atoms with Gasteiger partial charge >= 0.3 is 0 Å². The molecule has 19 heavy (non-hydrogen) atoms. The van der Waals surface area contributed by atoms with Gasteiger partial charge in [-0.3, -0.25) is 4.68 Å². The fourth-order valence-electron chi connectivity index (χ4n) is 4.47. The van der Waals surface area contributed by atoms with E-state index in [1.165, 1.54) is 31.4 Å². The fraction of sp³-hybridized carbons (Fsp3) is 0.800. The molecule has 0 radical (unpaired) electrons. The van der Waals surface area contributed by atoms with Crippen LogP contribution in [-0.2, 0) is 13.0 Å². The van der Waals surface area contributed by atoms with Crippen LogP contribution in [0.5, 0.6) is 0 Å². The van der Waals surface area contributed by atoms with Crippen LogP contribution < -0.4 is 5.73 Å². The van der Waals surface area contributed by atoms with Crippen molar-refractivity contribution in [3.63, 3.8) is 0 Å². The molecule has 4 heteroatoms. The van der Waals surface area contributed by atoms with Crippen molar-refractivity contribution in [3.8, 4) is 0 Å². The molecule has 0 saturated heterocycles. The quantitative estimate of drug-likeness (QED) is 0.921. The van der Waals surface area contributed by atoms with Gasteiger partial charge in [0.2, 0.25) is 0 Å². The largest absolute Gasteiger partial charge is 0.330 e. The molecular formula is C15H24ClN3. The predicted molar refractivity (Wildman–Crippen MR) is 78.3 cm³/mol. The lowest BCUT2D eigenvalue weighted by atomic mass is 9.70. The highest BCUT2D eigenvalue weighted by atomic mass is 35.5. The Morgan fingerprint density at radius 1 is 1.47 bits per heavy atom. The van der Waals surface area contributed by atoms with Crippen molar-refractivity contribution in [2.75, 3.05) is 6.54 Å². The Morgan fingerprint density at radius 2 is 2.26 bits per heavy atom. The van der Waals surface area contributed by atoms with Crippen molar-refractivity contribution in [1.82, 2.24) is 9.78 Å². The second-order valence-electron chi connectivity index (χ2n) is 6.49. The van der Waals surface area contributed by atoms with E-state index >= 15 is 0 Å². The van der Waals surface area contributed by atoms with Gasteiger partial charge in [-0.2, -0.15) is 5.10 Å². The van der Waals surface area contributed by atoms with E-state index < -0.39 is 0 Å². The number of hydrogen-bond acceptors (Lipinski definition) is 2. The monoisotopic (exact) mass is 281 g/mol. The minimum Gasteiger partial charge on any atom is -0.330 e. The summed E-state index contributed by atoms with van der Waals surface area (Å²) in [5, 5.41) is 5.40. The van der Waals surface area contributed by atoms with Crippen molar-refractivity contribution in [3.05, 3.63) is 16.4 Å². The summed E-state index contributed by atoms with van der Waals surface area (Å²) >= 11 is 6.47. The summed E-state index contributed by atoms with van der Waals surface area (Å²) in [6.45, 7) is 5.80. The molecule has 1 aromatic heterocycles. The van der Waals surface area contributed by atoms with E-state index in [9.17, 15) is 0 Å². The van der Waals surface area contributed by atoms with Crippen LogP contribution >= 0.6 is 11.6 Å². The average Bonchev–Trinajstić information content (AvgIpc) is 3.08. The summed E-state index contributed by atoms with van der Waals surface area (Å²) in [5.74, 6) is 1.71. The number of rotatable bonds is 4. The van der Waals surface area contributed by atoms with Crippen LogP contribution in [0.15, 0.2) is 0 Å². The first-order chi connectivity index (χ1) is 9.09. The van der Waals surface area contributed by atoms with Crippen molar-refractivity contribution < 1.29 is 0 Å². The number of aromatic nitrogens is 2. The van der Waals surface area contributed by atoms with Gasteiger partial charge in [-0.25, -0.2) is 0 Å². The van der Waals surface area contributed by atoms with Gasteiger partial charge in [-0.1, -0.05) is 18.0 Å². The standard InChI is InChI=1S/C15H24ClN3/c1-3-19-13(14(16)10(2)18-19)8-15(9-17)7-11-4-5-12(15)6-11/h11-12H,3-9,17H2,1-2H3. The van der Waals surface area contributed by atoms with E-state index in [-0.39, 0.29) is 5.41 Å². The molecule has 106 valence electrons. The summed E-state index contributed by atoms with van der Waals surface area (Å²) in [7, 11) is 0. The van der Waals surface area contributed by atoms with Crippen molar-refractivity contribution in [2.45, 2.75) is 52.5 Å². The van der Waals surface area contributed by atoms with Crippen molar-refractivity contribution >= 4 is 11.6 Å². The molecule has 2 aliphatic rings. The zero-order valence-corrected chi connectivity index (χ0v) is 12.7. The van der Waals surface area contributed by atoms with E-state index in [0.717, 1.165) is 42.1 Å². The minimum atomic E-state index is 0.284. The van der Waals surface area contributed by atoms with Crippen molar-refractivity contribution in [2.24, 2.45) is 23.0 Å². The number of fused-ring (bicyclic) bond motifs is 2. The molecule has 2 saturated carbocycles. The van der Waals surface area contributed by atoms with Gasteiger partial charge in [0.25, 0.3) is 0 Å². The van der Waals surface area contributed by atoms with Crippen LogP contribution in [0.4, 0.5) is 0 Å². The third kappa shape index (κ3) is 2.02. The van der Waals surface area contributed by atoms with Crippen LogP contribution in [0.3, 0.4) is 0 Å². The number of hydrogen-bond donors (Lipinski definition) is 1. The first-order valence-corrected chi connectivity index (χ1v) is 7.89. The highest BCUT2D eigenvalue weighted by Gasteiger charge is 2.50. The number of nitrogens with two attached hydrogens (primary N) is 1. The fourth-order valence-corrected chi connectivity index (χ4v) is 4.67. The van der Waals surface area contributed by atoms with Gasteiger partial charge < -0.3 is 5.73 Å².